The molecule has 250 valence electrons. The Labute approximate surface area is 277 Å². The van der Waals surface area contributed by atoms with Crippen LogP contribution < -0.4 is 15.4 Å². The Kier molecular flexibility index (Phi) is 8.86. The van der Waals surface area contributed by atoms with E-state index >= 15 is 0 Å². The molecule has 0 saturated carbocycles. The van der Waals surface area contributed by atoms with E-state index in [1.54, 1.807) is 30.0 Å². The summed E-state index contributed by atoms with van der Waals surface area (Å²) in [5, 5.41) is 8.74. The predicted octanol–water partition coefficient (Wildman–Crippen LogP) is 6.20. The molecule has 0 aliphatic carbocycles. The highest BCUT2D eigenvalue weighted by atomic mass is 35.5. The van der Waals surface area contributed by atoms with Crippen molar-refractivity contribution in [3.05, 3.63) is 52.8 Å². The predicted molar refractivity (Wildman–Crippen MR) is 179 cm³/mol. The molecule has 1 spiro atoms. The normalized spacial score (nSPS) is 18.8. The van der Waals surface area contributed by atoms with Crippen LogP contribution in [0.1, 0.15) is 48.6 Å². The van der Waals surface area contributed by atoms with Crippen LogP contribution in [0, 0.1) is 17.7 Å². The van der Waals surface area contributed by atoms with Gasteiger partial charge < -0.3 is 30.6 Å². The highest BCUT2D eigenvalue weighted by molar-refractivity contribution is 6.35. The first kappa shape index (κ1) is 33.0. The van der Waals surface area contributed by atoms with E-state index in [-0.39, 0.29) is 39.1 Å². The molecule has 1 amide bonds. The molecule has 3 N–H and O–H groups in total. The van der Waals surface area contributed by atoms with Crippen molar-refractivity contribution >= 4 is 46.1 Å². The van der Waals surface area contributed by atoms with Crippen molar-refractivity contribution in [2.45, 2.75) is 44.7 Å². The minimum Gasteiger partial charge on any atom is -0.481 e. The molecule has 3 aromatic rings. The van der Waals surface area contributed by atoms with E-state index in [4.69, 9.17) is 37.4 Å². The van der Waals surface area contributed by atoms with Crippen molar-refractivity contribution in [3.8, 4) is 16.9 Å². The number of nitrogen functional groups attached to an aromatic ring is 1. The van der Waals surface area contributed by atoms with Gasteiger partial charge in [-0.2, -0.15) is 13.2 Å². The molecular weight excluding hydrogens is 631 g/mol. The van der Waals surface area contributed by atoms with Gasteiger partial charge in [-0.15, -0.1) is 0 Å². The largest absolute Gasteiger partial charge is 0.481 e. The number of ether oxygens (including phenoxy) is 1. The second-order valence-corrected chi connectivity index (χ2v) is 13.5. The highest BCUT2D eigenvalue weighted by Crippen LogP contribution is 2.49. The number of nitrogens with two attached hydrogens (primary N) is 1. The van der Waals surface area contributed by atoms with E-state index in [1.807, 2.05) is 0 Å². The van der Waals surface area contributed by atoms with Crippen molar-refractivity contribution in [2.24, 2.45) is 5.41 Å². The third-order valence-electron chi connectivity index (χ3n) is 9.90. The van der Waals surface area contributed by atoms with Crippen molar-refractivity contribution in [1.29, 1.82) is 5.41 Å². The number of rotatable bonds is 7. The molecule has 0 radical (unpaired) electrons. The number of halogens is 4. The van der Waals surface area contributed by atoms with Crippen molar-refractivity contribution in [3.63, 3.8) is 0 Å². The third-order valence-corrected chi connectivity index (χ3v) is 10.2. The molecule has 3 fully saturated rings. The molecule has 3 saturated heterocycles. The van der Waals surface area contributed by atoms with Crippen LogP contribution in [-0.4, -0.2) is 91.0 Å². The summed E-state index contributed by atoms with van der Waals surface area (Å²) >= 11 is 7.00. The van der Waals surface area contributed by atoms with Gasteiger partial charge in [-0.3, -0.25) is 4.79 Å². The average Bonchev–Trinajstić information content (AvgIpc) is 3.03. The summed E-state index contributed by atoms with van der Waals surface area (Å²) in [6.45, 7) is 8.19. The smallest absolute Gasteiger partial charge is 0.422 e. The molecule has 2 aromatic carbocycles. The second kappa shape index (κ2) is 12.6. The van der Waals surface area contributed by atoms with E-state index in [9.17, 15) is 18.0 Å². The zero-order valence-electron chi connectivity index (χ0n) is 26.6. The number of carbonyl (C=O) groups excluding carboxylic acids is 1. The fourth-order valence-corrected chi connectivity index (χ4v) is 7.50. The number of nitrogens with one attached hydrogen (secondary N) is 1. The van der Waals surface area contributed by atoms with Gasteiger partial charge in [0.1, 0.15) is 17.2 Å². The highest BCUT2D eigenvalue weighted by Gasteiger charge is 2.46. The number of hydrogen-bond donors (Lipinski definition) is 2. The Balaban J connectivity index is 1.51. The number of alkyl halides is 3. The maximum Gasteiger partial charge on any atom is 0.422 e. The molecule has 0 bridgehead atoms. The number of fused-ring (bicyclic) bond motifs is 1. The fourth-order valence-electron chi connectivity index (χ4n) is 7.21. The first-order chi connectivity index (χ1) is 22.3. The minimum absolute atomic E-state index is 0.0106. The summed E-state index contributed by atoms with van der Waals surface area (Å²) in [6, 6.07) is 5.10. The molecule has 0 unspecified atom stereocenters. The SMILES string of the molecule is C=CC(=O)N1CC2(CCN(c3nc(C4CCN(C)CC4)nc4c(OCC(F)(F)F)c(-c5c(C)ccc(N)c5C=N)c(Cl)cc34)CC2)C1. The number of aryl methyl sites for hydroxylation is 1. The van der Waals surface area contributed by atoms with E-state index in [1.165, 1.54) is 6.08 Å². The summed E-state index contributed by atoms with van der Waals surface area (Å²) in [5.41, 5.74) is 8.45. The van der Waals surface area contributed by atoms with Gasteiger partial charge >= 0.3 is 6.18 Å². The summed E-state index contributed by atoms with van der Waals surface area (Å²) in [4.78, 5) is 28.4. The van der Waals surface area contributed by atoms with Crippen LogP contribution in [0.15, 0.2) is 30.9 Å². The lowest BCUT2D eigenvalue weighted by Gasteiger charge is -2.54. The third kappa shape index (κ3) is 6.37. The molecule has 1 aromatic heterocycles. The quantitative estimate of drug-likeness (QED) is 0.175. The zero-order valence-corrected chi connectivity index (χ0v) is 27.3. The Morgan fingerprint density at radius 1 is 1.17 bits per heavy atom. The average molecular weight is 670 g/mol. The number of aromatic nitrogens is 2. The van der Waals surface area contributed by atoms with E-state index in [2.05, 4.69) is 23.4 Å². The summed E-state index contributed by atoms with van der Waals surface area (Å²) < 4.78 is 47.0. The first-order valence-corrected chi connectivity index (χ1v) is 16.2. The van der Waals surface area contributed by atoms with Crippen molar-refractivity contribution in [2.75, 3.05) is 63.6 Å². The number of benzene rings is 2. The molecule has 47 heavy (non-hydrogen) atoms. The topological polar surface area (TPSA) is 112 Å². The van der Waals surface area contributed by atoms with Crippen LogP contribution in [0.4, 0.5) is 24.7 Å². The molecule has 6 rings (SSSR count). The number of piperidine rings is 2. The Hall–Kier alpha value is -3.90. The lowest BCUT2D eigenvalue weighted by molar-refractivity contribution is -0.153. The van der Waals surface area contributed by atoms with Crippen LogP contribution in [0.25, 0.3) is 22.0 Å². The van der Waals surface area contributed by atoms with Gasteiger partial charge in [0.05, 0.1) is 5.02 Å². The van der Waals surface area contributed by atoms with Crippen molar-refractivity contribution < 1.29 is 22.7 Å². The van der Waals surface area contributed by atoms with E-state index in [0.29, 0.717) is 65.6 Å². The maximum atomic E-state index is 13.8. The maximum absolute atomic E-state index is 13.8. The van der Waals surface area contributed by atoms with Crippen LogP contribution in [0.5, 0.6) is 5.75 Å². The number of hydrogen-bond acceptors (Lipinski definition) is 8. The first-order valence-electron chi connectivity index (χ1n) is 15.8. The Morgan fingerprint density at radius 3 is 2.47 bits per heavy atom. The van der Waals surface area contributed by atoms with Gasteiger partial charge in [0, 0.05) is 71.5 Å². The number of amides is 1. The van der Waals surface area contributed by atoms with Gasteiger partial charge in [-0.1, -0.05) is 24.2 Å². The molecule has 3 aliphatic heterocycles. The van der Waals surface area contributed by atoms with Crippen LogP contribution in [-0.2, 0) is 4.79 Å². The van der Waals surface area contributed by atoms with Gasteiger partial charge in [-0.05, 0) is 76.5 Å². The molecule has 3 aliphatic rings. The van der Waals surface area contributed by atoms with Gasteiger partial charge in [0.2, 0.25) is 5.91 Å². The van der Waals surface area contributed by atoms with Crippen LogP contribution in [0.3, 0.4) is 0 Å². The standard InChI is InChI=1S/C34H39ClF3N7O2/c1-4-26(46)45-17-33(18-45)9-13-44(14-10-33)32-22-15-24(35)28(27-20(2)5-6-25(40)23(27)16-39)30(47-19-34(36,37)38)29(22)41-31(42-32)21-7-11-43(3)12-8-21/h4-6,15-16,21,39H,1,7-14,17-19,40H2,2-3H3. The van der Waals surface area contributed by atoms with Crippen LogP contribution in [0.2, 0.25) is 5.02 Å². The van der Waals surface area contributed by atoms with Crippen LogP contribution >= 0.6 is 11.6 Å². The summed E-state index contributed by atoms with van der Waals surface area (Å²) in [7, 11) is 2.06. The second-order valence-electron chi connectivity index (χ2n) is 13.1. The summed E-state index contributed by atoms with van der Waals surface area (Å²) in [5.74, 6) is 1.01. The minimum atomic E-state index is -4.63. The molecular formula is C34H39ClF3N7O2. The fraction of sp³-hybridized carbons (Fsp3) is 0.471. The Bertz CT molecular complexity index is 1720. The molecule has 13 heteroatoms. The van der Waals surface area contributed by atoms with Crippen molar-refractivity contribution in [1.82, 2.24) is 19.8 Å². The van der Waals surface area contributed by atoms with E-state index < -0.39 is 12.8 Å². The number of likely N-dealkylation sites (tertiary alicyclic amines) is 2. The van der Waals surface area contributed by atoms with Gasteiger partial charge in [0.25, 0.3) is 0 Å². The monoisotopic (exact) mass is 669 g/mol. The molecule has 0 atom stereocenters. The number of anilines is 2. The summed E-state index contributed by atoms with van der Waals surface area (Å²) in [6.07, 6.45) is 1.07. The lowest BCUT2D eigenvalue weighted by Crippen LogP contribution is -2.61. The van der Waals surface area contributed by atoms with E-state index in [0.717, 1.165) is 45.0 Å². The Morgan fingerprint density at radius 2 is 1.85 bits per heavy atom. The zero-order chi connectivity index (χ0) is 33.7. The number of carbonyl (C=O) groups is 1. The molecule has 9 nitrogen and oxygen atoms in total. The number of nitrogens with zero attached hydrogens (tertiary/aromatic N) is 5. The molecule has 4 heterocycles. The van der Waals surface area contributed by atoms with Gasteiger partial charge in [-0.25, -0.2) is 9.97 Å². The lowest BCUT2D eigenvalue weighted by atomic mass is 9.72. The van der Waals surface area contributed by atoms with Gasteiger partial charge in [0.15, 0.2) is 12.4 Å².